The molecule has 3 heteroatoms. The summed E-state index contributed by atoms with van der Waals surface area (Å²) in [6.07, 6.45) is 7.82. The van der Waals surface area contributed by atoms with Gasteiger partial charge in [-0.15, -0.1) is 0 Å². The second-order valence-corrected chi connectivity index (χ2v) is 6.28. The first-order valence-electron chi connectivity index (χ1n) is 7.26. The van der Waals surface area contributed by atoms with Crippen molar-refractivity contribution >= 4 is 15.9 Å². The van der Waals surface area contributed by atoms with E-state index in [0.29, 0.717) is 6.61 Å². The number of benzene rings is 1. The molecule has 1 aliphatic carbocycles. The van der Waals surface area contributed by atoms with Crippen LogP contribution in [0.15, 0.2) is 24.3 Å². The van der Waals surface area contributed by atoms with Gasteiger partial charge in [-0.1, -0.05) is 47.0 Å². The van der Waals surface area contributed by atoms with E-state index in [1.165, 1.54) is 37.7 Å². The summed E-state index contributed by atoms with van der Waals surface area (Å²) in [7, 11) is 0. The molecule has 2 nitrogen and oxygen atoms in total. The normalized spacial score (nSPS) is 25.0. The van der Waals surface area contributed by atoms with Crippen LogP contribution in [-0.2, 0) is 10.1 Å². The van der Waals surface area contributed by atoms with Gasteiger partial charge in [0.2, 0.25) is 0 Å². The van der Waals surface area contributed by atoms with Crippen LogP contribution in [0, 0.1) is 0 Å². The first-order valence-corrected chi connectivity index (χ1v) is 8.38. The van der Waals surface area contributed by atoms with Gasteiger partial charge in [0, 0.05) is 10.9 Å². The highest BCUT2D eigenvalue weighted by Crippen LogP contribution is 2.43. The van der Waals surface area contributed by atoms with Crippen molar-refractivity contribution in [1.29, 1.82) is 0 Å². The first kappa shape index (κ1) is 13.4. The van der Waals surface area contributed by atoms with Crippen molar-refractivity contribution in [3.05, 3.63) is 29.8 Å². The van der Waals surface area contributed by atoms with Crippen molar-refractivity contribution in [2.24, 2.45) is 0 Å². The van der Waals surface area contributed by atoms with Crippen LogP contribution >= 0.6 is 15.9 Å². The molecule has 1 aromatic carbocycles. The average molecular weight is 325 g/mol. The highest BCUT2D eigenvalue weighted by Gasteiger charge is 2.42. The van der Waals surface area contributed by atoms with Crippen molar-refractivity contribution in [3.63, 3.8) is 0 Å². The van der Waals surface area contributed by atoms with Gasteiger partial charge in [0.25, 0.3) is 0 Å². The highest BCUT2D eigenvalue weighted by atomic mass is 79.9. The molecular weight excluding hydrogens is 304 g/mol. The molecule has 1 spiro atoms. The fourth-order valence-electron chi connectivity index (χ4n) is 3.34. The lowest BCUT2D eigenvalue weighted by Crippen LogP contribution is -2.27. The maximum absolute atomic E-state index is 6.27. The molecule has 104 valence electrons. The number of ether oxygens (including phenoxy) is 2. The molecule has 3 rings (SSSR count). The van der Waals surface area contributed by atoms with Gasteiger partial charge in [0.15, 0.2) is 0 Å². The molecule has 0 N–H and O–H groups in total. The SMILES string of the molecule is BrCc1ccccc1OCC1CCC2(CCCC2)O1. The zero-order valence-corrected chi connectivity index (χ0v) is 12.8. The van der Waals surface area contributed by atoms with Crippen LogP contribution < -0.4 is 4.74 Å². The van der Waals surface area contributed by atoms with Gasteiger partial charge < -0.3 is 9.47 Å². The summed E-state index contributed by atoms with van der Waals surface area (Å²) >= 11 is 3.50. The molecule has 2 fully saturated rings. The molecule has 1 heterocycles. The number of hydrogen-bond donors (Lipinski definition) is 0. The number of alkyl halides is 1. The van der Waals surface area contributed by atoms with Gasteiger partial charge in [-0.25, -0.2) is 0 Å². The van der Waals surface area contributed by atoms with E-state index in [0.717, 1.165) is 17.5 Å². The molecule has 19 heavy (non-hydrogen) atoms. The number of para-hydroxylation sites is 1. The molecule has 0 aromatic heterocycles. The minimum atomic E-state index is 0.211. The third-order valence-electron chi connectivity index (χ3n) is 4.39. The second-order valence-electron chi connectivity index (χ2n) is 5.72. The third kappa shape index (κ3) is 2.97. The van der Waals surface area contributed by atoms with Crippen molar-refractivity contribution in [2.45, 2.75) is 55.6 Å². The molecule has 1 saturated heterocycles. The van der Waals surface area contributed by atoms with Crippen molar-refractivity contribution in [1.82, 2.24) is 0 Å². The lowest BCUT2D eigenvalue weighted by molar-refractivity contribution is -0.0509. The molecule has 0 radical (unpaired) electrons. The summed E-state index contributed by atoms with van der Waals surface area (Å²) in [5.74, 6) is 0.982. The van der Waals surface area contributed by atoms with E-state index in [2.05, 4.69) is 22.0 Å². The Morgan fingerprint density at radius 3 is 2.79 bits per heavy atom. The monoisotopic (exact) mass is 324 g/mol. The first-order chi connectivity index (χ1) is 9.31. The Kier molecular flexibility index (Phi) is 4.13. The fourth-order valence-corrected chi connectivity index (χ4v) is 3.80. The van der Waals surface area contributed by atoms with Crippen LogP contribution in [0.3, 0.4) is 0 Å². The van der Waals surface area contributed by atoms with Crippen LogP contribution in [0.5, 0.6) is 5.75 Å². The minimum Gasteiger partial charge on any atom is -0.491 e. The highest BCUT2D eigenvalue weighted by molar-refractivity contribution is 9.08. The van der Waals surface area contributed by atoms with Crippen molar-refractivity contribution in [2.75, 3.05) is 6.61 Å². The van der Waals surface area contributed by atoms with Gasteiger partial charge in [-0.3, -0.25) is 0 Å². The largest absolute Gasteiger partial charge is 0.491 e. The summed E-state index contributed by atoms with van der Waals surface area (Å²) in [6.45, 7) is 0.686. The van der Waals surface area contributed by atoms with Crippen LogP contribution in [0.25, 0.3) is 0 Å². The summed E-state index contributed by atoms with van der Waals surface area (Å²) < 4.78 is 12.2. The lowest BCUT2D eigenvalue weighted by atomic mass is 9.98. The van der Waals surface area contributed by atoms with Gasteiger partial charge in [-0.05, 0) is 31.7 Å². The average Bonchev–Trinajstić information content (AvgIpc) is 3.07. The molecule has 1 unspecified atom stereocenters. The Balaban J connectivity index is 1.55. The second kappa shape index (κ2) is 5.84. The Labute approximate surface area is 123 Å². The van der Waals surface area contributed by atoms with E-state index in [-0.39, 0.29) is 11.7 Å². The summed E-state index contributed by atoms with van der Waals surface area (Å²) in [5, 5.41) is 0.832. The predicted octanol–water partition coefficient (Wildman–Crippen LogP) is 4.45. The molecule has 1 aliphatic heterocycles. The number of hydrogen-bond acceptors (Lipinski definition) is 2. The van der Waals surface area contributed by atoms with E-state index in [4.69, 9.17) is 9.47 Å². The Bertz CT molecular complexity index is 427. The molecule has 1 aromatic rings. The maximum Gasteiger partial charge on any atom is 0.123 e. The van der Waals surface area contributed by atoms with Crippen LogP contribution in [0.2, 0.25) is 0 Å². The third-order valence-corrected chi connectivity index (χ3v) is 5.00. The quantitative estimate of drug-likeness (QED) is 0.761. The van der Waals surface area contributed by atoms with Gasteiger partial charge >= 0.3 is 0 Å². The van der Waals surface area contributed by atoms with E-state index in [1.54, 1.807) is 0 Å². The molecule has 0 amide bonds. The standard InChI is InChI=1S/C16H21BrO2/c17-11-13-5-1-2-6-15(13)18-12-14-7-10-16(19-14)8-3-4-9-16/h1-2,5-6,14H,3-4,7-12H2. The van der Waals surface area contributed by atoms with Crippen molar-refractivity contribution < 1.29 is 9.47 Å². The van der Waals surface area contributed by atoms with Crippen LogP contribution in [0.4, 0.5) is 0 Å². The van der Waals surface area contributed by atoms with E-state index < -0.39 is 0 Å². The molecule has 1 saturated carbocycles. The Hall–Kier alpha value is -0.540. The van der Waals surface area contributed by atoms with Gasteiger partial charge in [-0.2, -0.15) is 0 Å². The van der Waals surface area contributed by atoms with E-state index >= 15 is 0 Å². The van der Waals surface area contributed by atoms with Crippen molar-refractivity contribution in [3.8, 4) is 5.75 Å². The smallest absolute Gasteiger partial charge is 0.123 e. The number of rotatable bonds is 4. The molecule has 2 aliphatic rings. The zero-order chi connectivity index (χ0) is 13.1. The van der Waals surface area contributed by atoms with E-state index in [9.17, 15) is 0 Å². The summed E-state index contributed by atoms with van der Waals surface area (Å²) in [6, 6.07) is 8.20. The molecular formula is C16H21BrO2. The summed E-state index contributed by atoms with van der Waals surface area (Å²) in [5.41, 5.74) is 1.42. The zero-order valence-electron chi connectivity index (χ0n) is 11.2. The van der Waals surface area contributed by atoms with Gasteiger partial charge in [0.1, 0.15) is 12.4 Å². The maximum atomic E-state index is 6.27. The Morgan fingerprint density at radius 2 is 2.00 bits per heavy atom. The Morgan fingerprint density at radius 1 is 1.21 bits per heavy atom. The topological polar surface area (TPSA) is 18.5 Å². The molecule has 1 atom stereocenters. The summed E-state index contributed by atoms with van der Waals surface area (Å²) in [4.78, 5) is 0. The molecule has 0 bridgehead atoms. The predicted molar refractivity (Wildman–Crippen MR) is 79.9 cm³/mol. The van der Waals surface area contributed by atoms with Gasteiger partial charge in [0.05, 0.1) is 11.7 Å². The van der Waals surface area contributed by atoms with E-state index in [1.807, 2.05) is 18.2 Å². The van der Waals surface area contributed by atoms with Crippen LogP contribution in [-0.4, -0.2) is 18.3 Å². The lowest BCUT2D eigenvalue weighted by Gasteiger charge is -2.24. The van der Waals surface area contributed by atoms with Crippen LogP contribution in [0.1, 0.15) is 44.1 Å². The minimum absolute atomic E-state index is 0.211. The number of halogens is 1. The fraction of sp³-hybridized carbons (Fsp3) is 0.625.